The van der Waals surface area contributed by atoms with Gasteiger partial charge >= 0.3 is 0 Å². The van der Waals surface area contributed by atoms with Gasteiger partial charge in [0, 0.05) is 43.2 Å². The average Bonchev–Trinajstić information content (AvgIpc) is 2.40. The fourth-order valence-corrected chi connectivity index (χ4v) is 2.18. The molecule has 0 saturated carbocycles. The van der Waals surface area contributed by atoms with Gasteiger partial charge in [-0.3, -0.25) is 0 Å². The molecule has 86 valence electrons. The van der Waals surface area contributed by atoms with Crippen LogP contribution < -0.4 is 5.32 Å². The number of aromatic nitrogens is 4. The molecule has 0 aliphatic carbocycles. The summed E-state index contributed by atoms with van der Waals surface area (Å²) in [5.74, 6) is 1.23. The monoisotopic (exact) mass is 245 g/mol. The van der Waals surface area contributed by atoms with Crippen LogP contribution in [0.15, 0.2) is 18.5 Å². The molecule has 0 aromatic carbocycles. The van der Waals surface area contributed by atoms with Crippen molar-refractivity contribution >= 4 is 12.2 Å². The minimum atomic E-state index is 0.583. The van der Waals surface area contributed by atoms with E-state index in [1.165, 1.54) is 0 Å². The molecule has 2 aromatic rings. The summed E-state index contributed by atoms with van der Waals surface area (Å²) in [6.45, 7) is 1.74. The zero-order valence-corrected chi connectivity index (χ0v) is 9.92. The lowest BCUT2D eigenvalue weighted by Crippen LogP contribution is -2.25. The number of aromatic amines is 1. The SMILES string of the molecule is S=c1nc(-c2ncccn2)[nH]c2c1CNCC2. The summed E-state index contributed by atoms with van der Waals surface area (Å²) >= 11 is 5.30. The maximum absolute atomic E-state index is 5.30. The fourth-order valence-electron chi connectivity index (χ4n) is 1.89. The van der Waals surface area contributed by atoms with Crippen molar-refractivity contribution in [2.24, 2.45) is 0 Å². The van der Waals surface area contributed by atoms with Crippen LogP contribution in [0.3, 0.4) is 0 Å². The van der Waals surface area contributed by atoms with E-state index in [0.29, 0.717) is 16.3 Å². The van der Waals surface area contributed by atoms with Gasteiger partial charge < -0.3 is 10.3 Å². The van der Waals surface area contributed by atoms with E-state index in [4.69, 9.17) is 12.2 Å². The molecule has 0 spiro atoms. The van der Waals surface area contributed by atoms with Gasteiger partial charge in [-0.05, 0) is 6.07 Å². The molecule has 0 saturated heterocycles. The quantitative estimate of drug-likeness (QED) is 0.740. The van der Waals surface area contributed by atoms with E-state index in [9.17, 15) is 0 Å². The Bertz CT molecular complexity index is 593. The minimum Gasteiger partial charge on any atom is -0.340 e. The van der Waals surface area contributed by atoms with E-state index in [-0.39, 0.29) is 0 Å². The van der Waals surface area contributed by atoms with Crippen LogP contribution in [0.2, 0.25) is 0 Å². The van der Waals surface area contributed by atoms with Crippen LogP contribution >= 0.6 is 12.2 Å². The van der Waals surface area contributed by atoms with Crippen LogP contribution in [0.4, 0.5) is 0 Å². The first-order chi connectivity index (χ1) is 8.34. The van der Waals surface area contributed by atoms with E-state index in [2.05, 4.69) is 25.3 Å². The van der Waals surface area contributed by atoms with E-state index in [1.54, 1.807) is 18.5 Å². The van der Waals surface area contributed by atoms with Gasteiger partial charge in [-0.2, -0.15) is 0 Å². The third kappa shape index (κ3) is 1.96. The van der Waals surface area contributed by atoms with Crippen LogP contribution in [-0.4, -0.2) is 26.5 Å². The fraction of sp³-hybridized carbons (Fsp3) is 0.273. The van der Waals surface area contributed by atoms with Crippen molar-refractivity contribution in [3.8, 4) is 11.6 Å². The number of hydrogen-bond acceptors (Lipinski definition) is 5. The molecule has 3 heterocycles. The van der Waals surface area contributed by atoms with Gasteiger partial charge in [0.25, 0.3) is 0 Å². The third-order valence-corrected chi connectivity index (χ3v) is 3.07. The molecule has 6 heteroatoms. The first-order valence-corrected chi connectivity index (χ1v) is 5.85. The summed E-state index contributed by atoms with van der Waals surface area (Å²) in [4.78, 5) is 16.0. The zero-order chi connectivity index (χ0) is 11.7. The summed E-state index contributed by atoms with van der Waals surface area (Å²) in [7, 11) is 0. The van der Waals surface area contributed by atoms with E-state index >= 15 is 0 Å². The largest absolute Gasteiger partial charge is 0.340 e. The average molecular weight is 245 g/mol. The summed E-state index contributed by atoms with van der Waals surface area (Å²) in [6.07, 6.45) is 4.32. The maximum atomic E-state index is 5.30. The van der Waals surface area contributed by atoms with Crippen LogP contribution in [0.1, 0.15) is 11.3 Å². The van der Waals surface area contributed by atoms with E-state index in [1.807, 2.05) is 0 Å². The van der Waals surface area contributed by atoms with Gasteiger partial charge in [0.15, 0.2) is 11.6 Å². The molecule has 3 rings (SSSR count). The lowest BCUT2D eigenvalue weighted by atomic mass is 10.1. The summed E-state index contributed by atoms with van der Waals surface area (Å²) in [5, 5.41) is 3.28. The van der Waals surface area contributed by atoms with Gasteiger partial charge in [-0.15, -0.1) is 0 Å². The number of hydrogen-bond donors (Lipinski definition) is 2. The van der Waals surface area contributed by atoms with Crippen molar-refractivity contribution in [2.45, 2.75) is 13.0 Å². The lowest BCUT2D eigenvalue weighted by molar-refractivity contribution is 0.624. The third-order valence-electron chi connectivity index (χ3n) is 2.74. The Morgan fingerprint density at radius 3 is 2.88 bits per heavy atom. The molecular formula is C11H11N5S. The first-order valence-electron chi connectivity index (χ1n) is 5.45. The van der Waals surface area contributed by atoms with E-state index in [0.717, 1.165) is 30.8 Å². The molecule has 2 N–H and O–H groups in total. The number of rotatable bonds is 1. The summed E-state index contributed by atoms with van der Waals surface area (Å²) in [5.41, 5.74) is 2.23. The molecule has 2 aromatic heterocycles. The predicted octanol–water partition coefficient (Wildman–Crippen LogP) is 1.24. The Labute approximate surface area is 103 Å². The van der Waals surface area contributed by atoms with Gasteiger partial charge in [-0.1, -0.05) is 12.2 Å². The smallest absolute Gasteiger partial charge is 0.195 e. The number of nitrogens with one attached hydrogen (secondary N) is 2. The van der Waals surface area contributed by atoms with Gasteiger partial charge in [0.05, 0.1) is 0 Å². The number of fused-ring (bicyclic) bond motifs is 1. The van der Waals surface area contributed by atoms with Crippen molar-refractivity contribution in [1.29, 1.82) is 0 Å². The minimum absolute atomic E-state index is 0.583. The van der Waals surface area contributed by atoms with Gasteiger partial charge in [0.2, 0.25) is 0 Å². The molecule has 0 fully saturated rings. The standard InChI is InChI=1S/C11H11N5S/c17-11-7-6-12-5-2-8(7)15-10(16-11)9-13-3-1-4-14-9/h1,3-4,12H,2,5-6H2,(H,15,16,17). The molecule has 1 aliphatic heterocycles. The summed E-state index contributed by atoms with van der Waals surface area (Å²) in [6, 6.07) is 1.78. The first kappa shape index (κ1) is 10.5. The second-order valence-electron chi connectivity index (χ2n) is 3.85. The highest BCUT2D eigenvalue weighted by Crippen LogP contribution is 2.16. The Morgan fingerprint density at radius 2 is 2.06 bits per heavy atom. The Kier molecular flexibility index (Phi) is 2.66. The molecule has 0 radical (unpaired) electrons. The van der Waals surface area contributed by atoms with Gasteiger partial charge in [0.1, 0.15) is 4.64 Å². The second kappa shape index (κ2) is 4.31. The lowest BCUT2D eigenvalue weighted by Gasteiger charge is -2.17. The maximum Gasteiger partial charge on any atom is 0.195 e. The molecule has 17 heavy (non-hydrogen) atoms. The highest BCUT2D eigenvalue weighted by molar-refractivity contribution is 7.71. The van der Waals surface area contributed by atoms with Crippen molar-refractivity contribution < 1.29 is 0 Å². The molecule has 0 unspecified atom stereocenters. The topological polar surface area (TPSA) is 66.5 Å². The highest BCUT2D eigenvalue weighted by Gasteiger charge is 2.14. The molecule has 0 atom stereocenters. The van der Waals surface area contributed by atoms with Crippen LogP contribution in [0.5, 0.6) is 0 Å². The van der Waals surface area contributed by atoms with Crippen LogP contribution in [-0.2, 0) is 13.0 Å². The molecular weight excluding hydrogens is 234 g/mol. The van der Waals surface area contributed by atoms with Crippen molar-refractivity contribution in [1.82, 2.24) is 25.3 Å². The Balaban J connectivity index is 2.14. The highest BCUT2D eigenvalue weighted by atomic mass is 32.1. The number of H-pyrrole nitrogens is 1. The van der Waals surface area contributed by atoms with E-state index < -0.39 is 0 Å². The molecule has 5 nitrogen and oxygen atoms in total. The summed E-state index contributed by atoms with van der Waals surface area (Å²) < 4.78 is 0.633. The van der Waals surface area contributed by atoms with Crippen molar-refractivity contribution in [2.75, 3.05) is 6.54 Å². The zero-order valence-electron chi connectivity index (χ0n) is 9.10. The molecule has 0 bridgehead atoms. The number of nitrogens with zero attached hydrogens (tertiary/aromatic N) is 3. The molecule has 1 aliphatic rings. The van der Waals surface area contributed by atoms with Gasteiger partial charge in [-0.25, -0.2) is 15.0 Å². The normalized spacial score (nSPS) is 14.4. The second-order valence-corrected chi connectivity index (χ2v) is 4.23. The molecule has 0 amide bonds. The van der Waals surface area contributed by atoms with Crippen LogP contribution in [0.25, 0.3) is 11.6 Å². The Hall–Kier alpha value is -1.66. The Morgan fingerprint density at radius 1 is 1.24 bits per heavy atom. The van der Waals surface area contributed by atoms with Crippen molar-refractivity contribution in [3.05, 3.63) is 34.4 Å². The van der Waals surface area contributed by atoms with Crippen molar-refractivity contribution in [3.63, 3.8) is 0 Å². The van der Waals surface area contributed by atoms with Crippen LogP contribution in [0, 0.1) is 4.64 Å². The predicted molar refractivity (Wildman–Crippen MR) is 65.9 cm³/mol.